The third-order valence-electron chi connectivity index (χ3n) is 3.70. The lowest BCUT2D eigenvalue weighted by atomic mass is 10.1. The van der Waals surface area contributed by atoms with E-state index in [-0.39, 0.29) is 25.4 Å². The molecule has 8 nitrogen and oxygen atoms in total. The first-order valence-electron chi connectivity index (χ1n) is 8.03. The van der Waals surface area contributed by atoms with E-state index in [1.165, 1.54) is 12.1 Å². The van der Waals surface area contributed by atoms with E-state index < -0.39 is 17.1 Å². The maximum absolute atomic E-state index is 11.4. The molecule has 1 unspecified atom stereocenters. The van der Waals surface area contributed by atoms with Crippen LogP contribution in [0.15, 0.2) is 54.6 Å². The highest BCUT2D eigenvalue weighted by Gasteiger charge is 2.17. The SMILES string of the molecule is O=C(O)N(CCc1ccc([N+](=O)[O-])cc1)CC(O)COc1ccccc1. The summed E-state index contributed by atoms with van der Waals surface area (Å²) in [6, 6.07) is 14.9. The van der Waals surface area contributed by atoms with Crippen LogP contribution < -0.4 is 4.74 Å². The van der Waals surface area contributed by atoms with Crippen LogP contribution in [0.4, 0.5) is 10.5 Å². The Bertz CT molecular complexity index is 720. The van der Waals surface area contributed by atoms with E-state index >= 15 is 0 Å². The number of aliphatic hydroxyl groups excluding tert-OH is 1. The Morgan fingerprint density at radius 1 is 1.15 bits per heavy atom. The quantitative estimate of drug-likeness (QED) is 0.525. The van der Waals surface area contributed by atoms with E-state index in [0.29, 0.717) is 12.2 Å². The van der Waals surface area contributed by atoms with Gasteiger partial charge in [0.2, 0.25) is 0 Å². The summed E-state index contributed by atoms with van der Waals surface area (Å²) < 4.78 is 5.41. The number of carboxylic acid groups (broad SMARTS) is 1. The average molecular weight is 360 g/mol. The maximum atomic E-state index is 11.4. The summed E-state index contributed by atoms with van der Waals surface area (Å²) in [5, 5.41) is 29.9. The molecule has 0 bridgehead atoms. The Morgan fingerprint density at radius 3 is 2.38 bits per heavy atom. The molecule has 0 saturated carbocycles. The number of para-hydroxylation sites is 1. The molecule has 0 aromatic heterocycles. The minimum atomic E-state index is -1.15. The summed E-state index contributed by atoms with van der Waals surface area (Å²) in [5.74, 6) is 0.597. The van der Waals surface area contributed by atoms with Crippen LogP contribution in [0.5, 0.6) is 5.75 Å². The largest absolute Gasteiger partial charge is 0.491 e. The number of non-ortho nitro benzene ring substituents is 1. The monoisotopic (exact) mass is 360 g/mol. The maximum Gasteiger partial charge on any atom is 0.407 e. The first-order valence-corrected chi connectivity index (χ1v) is 8.03. The molecule has 8 heteroatoms. The molecule has 2 N–H and O–H groups in total. The van der Waals surface area contributed by atoms with Crippen LogP contribution in [-0.2, 0) is 6.42 Å². The summed E-state index contributed by atoms with van der Waals surface area (Å²) in [4.78, 5) is 22.6. The second-order valence-electron chi connectivity index (χ2n) is 5.68. The fourth-order valence-corrected chi connectivity index (χ4v) is 2.33. The van der Waals surface area contributed by atoms with Gasteiger partial charge in [-0.15, -0.1) is 0 Å². The number of amides is 1. The van der Waals surface area contributed by atoms with Crippen LogP contribution in [0.1, 0.15) is 5.56 Å². The fraction of sp³-hybridized carbons (Fsp3) is 0.278. The van der Waals surface area contributed by atoms with Crippen molar-refractivity contribution in [1.82, 2.24) is 4.90 Å². The van der Waals surface area contributed by atoms with Crippen molar-refractivity contribution in [3.05, 3.63) is 70.3 Å². The van der Waals surface area contributed by atoms with Gasteiger partial charge >= 0.3 is 6.09 Å². The first-order chi connectivity index (χ1) is 12.5. The van der Waals surface area contributed by atoms with E-state index in [0.717, 1.165) is 10.5 Å². The summed E-state index contributed by atoms with van der Waals surface area (Å²) in [5.41, 5.74) is 0.759. The fourth-order valence-electron chi connectivity index (χ4n) is 2.33. The molecule has 2 aromatic rings. The molecule has 0 aliphatic carbocycles. The van der Waals surface area contributed by atoms with Gasteiger partial charge in [-0.05, 0) is 24.1 Å². The molecular formula is C18H20N2O6. The van der Waals surface area contributed by atoms with Crippen molar-refractivity contribution < 1.29 is 24.7 Å². The van der Waals surface area contributed by atoms with Gasteiger partial charge in [-0.3, -0.25) is 10.1 Å². The smallest absolute Gasteiger partial charge is 0.407 e. The van der Waals surface area contributed by atoms with Crippen molar-refractivity contribution in [2.75, 3.05) is 19.7 Å². The number of nitro benzene ring substituents is 1. The lowest BCUT2D eigenvalue weighted by molar-refractivity contribution is -0.384. The van der Waals surface area contributed by atoms with Gasteiger partial charge in [0.25, 0.3) is 5.69 Å². The van der Waals surface area contributed by atoms with Crippen LogP contribution in [0.3, 0.4) is 0 Å². The van der Waals surface area contributed by atoms with Crippen LogP contribution in [0.2, 0.25) is 0 Å². The summed E-state index contributed by atoms with van der Waals surface area (Å²) in [6.45, 7) is 0.0516. The number of nitro groups is 1. The Kier molecular flexibility index (Phi) is 6.92. The number of hydrogen-bond acceptors (Lipinski definition) is 5. The van der Waals surface area contributed by atoms with Crippen LogP contribution in [0, 0.1) is 10.1 Å². The molecule has 2 rings (SSSR count). The number of aliphatic hydroxyl groups is 1. The second kappa shape index (κ2) is 9.38. The topological polar surface area (TPSA) is 113 Å². The number of nitrogens with zero attached hydrogens (tertiary/aromatic N) is 2. The van der Waals surface area contributed by atoms with Crippen molar-refractivity contribution in [1.29, 1.82) is 0 Å². The Hall–Kier alpha value is -3.13. The third-order valence-corrected chi connectivity index (χ3v) is 3.70. The van der Waals surface area contributed by atoms with Gasteiger partial charge in [0, 0.05) is 18.7 Å². The van der Waals surface area contributed by atoms with Crippen LogP contribution >= 0.6 is 0 Å². The lowest BCUT2D eigenvalue weighted by Gasteiger charge is -2.22. The normalized spacial score (nSPS) is 11.6. The number of hydrogen-bond donors (Lipinski definition) is 2. The predicted molar refractivity (Wildman–Crippen MR) is 94.3 cm³/mol. The van der Waals surface area contributed by atoms with Crippen molar-refractivity contribution in [2.45, 2.75) is 12.5 Å². The second-order valence-corrected chi connectivity index (χ2v) is 5.68. The standard InChI is InChI=1S/C18H20N2O6/c21-16(13-26-17-4-2-1-3-5-17)12-19(18(22)23)11-10-14-6-8-15(9-7-14)20(24)25/h1-9,16,21H,10-13H2,(H,22,23). The van der Waals surface area contributed by atoms with Crippen molar-refractivity contribution >= 4 is 11.8 Å². The molecule has 2 aromatic carbocycles. The lowest BCUT2D eigenvalue weighted by Crippen LogP contribution is -2.40. The van der Waals surface area contributed by atoms with Crippen LogP contribution in [-0.4, -0.2) is 51.9 Å². The summed E-state index contributed by atoms with van der Waals surface area (Å²) in [6.07, 6.45) is -1.73. The molecule has 138 valence electrons. The molecule has 26 heavy (non-hydrogen) atoms. The highest BCUT2D eigenvalue weighted by molar-refractivity contribution is 5.65. The molecule has 0 aliphatic heterocycles. The minimum Gasteiger partial charge on any atom is -0.491 e. The first kappa shape index (κ1) is 19.2. The van der Waals surface area contributed by atoms with Crippen molar-refractivity contribution in [2.24, 2.45) is 0 Å². The number of ether oxygens (including phenoxy) is 1. The van der Waals surface area contributed by atoms with Gasteiger partial charge in [0.05, 0.1) is 11.5 Å². The third kappa shape index (κ3) is 6.06. The van der Waals surface area contributed by atoms with Gasteiger partial charge in [-0.25, -0.2) is 4.79 Å². The molecular weight excluding hydrogens is 340 g/mol. The zero-order chi connectivity index (χ0) is 18.9. The van der Waals surface area contributed by atoms with Gasteiger partial charge in [-0.1, -0.05) is 30.3 Å². The molecule has 0 aliphatic rings. The average Bonchev–Trinajstić information content (AvgIpc) is 2.64. The number of carbonyl (C=O) groups is 1. The zero-order valence-electron chi connectivity index (χ0n) is 14.0. The summed E-state index contributed by atoms with van der Waals surface area (Å²) >= 11 is 0. The van der Waals surface area contributed by atoms with Gasteiger partial charge in [-0.2, -0.15) is 0 Å². The summed E-state index contributed by atoms with van der Waals surface area (Å²) in [7, 11) is 0. The van der Waals surface area contributed by atoms with E-state index in [1.54, 1.807) is 36.4 Å². The molecule has 0 saturated heterocycles. The molecule has 0 fully saturated rings. The van der Waals surface area contributed by atoms with Crippen LogP contribution in [0.25, 0.3) is 0 Å². The Labute approximate surface area is 150 Å². The molecule has 0 spiro atoms. The van der Waals surface area contributed by atoms with E-state index in [4.69, 9.17) is 4.74 Å². The van der Waals surface area contributed by atoms with Crippen molar-refractivity contribution in [3.63, 3.8) is 0 Å². The van der Waals surface area contributed by atoms with E-state index in [9.17, 15) is 25.1 Å². The van der Waals surface area contributed by atoms with Crippen molar-refractivity contribution in [3.8, 4) is 5.75 Å². The molecule has 1 amide bonds. The van der Waals surface area contributed by atoms with Gasteiger partial charge in [0.1, 0.15) is 18.5 Å². The highest BCUT2D eigenvalue weighted by Crippen LogP contribution is 2.13. The number of rotatable bonds is 9. The highest BCUT2D eigenvalue weighted by atomic mass is 16.6. The Balaban J connectivity index is 1.83. The number of benzene rings is 2. The predicted octanol–water partition coefficient (Wildman–Crippen LogP) is 2.56. The van der Waals surface area contributed by atoms with Gasteiger partial charge < -0.3 is 19.8 Å². The Morgan fingerprint density at radius 2 is 1.81 bits per heavy atom. The zero-order valence-corrected chi connectivity index (χ0v) is 14.0. The molecule has 0 radical (unpaired) electrons. The van der Waals surface area contributed by atoms with E-state index in [1.807, 2.05) is 6.07 Å². The van der Waals surface area contributed by atoms with Gasteiger partial charge in [0.15, 0.2) is 0 Å². The molecule has 0 heterocycles. The molecule has 1 atom stereocenters. The van der Waals surface area contributed by atoms with E-state index in [2.05, 4.69) is 0 Å². The minimum absolute atomic E-state index is 0.0164.